The van der Waals surface area contributed by atoms with E-state index in [1.54, 1.807) is 12.1 Å². The quantitative estimate of drug-likeness (QED) is 0.738. The third-order valence-electron chi connectivity index (χ3n) is 5.42. The van der Waals surface area contributed by atoms with Crippen LogP contribution in [0.3, 0.4) is 0 Å². The Morgan fingerprint density at radius 1 is 1.23 bits per heavy atom. The van der Waals surface area contributed by atoms with E-state index in [2.05, 4.69) is 4.98 Å². The van der Waals surface area contributed by atoms with Gasteiger partial charge >= 0.3 is 0 Å². The summed E-state index contributed by atoms with van der Waals surface area (Å²) in [5.74, 6) is 0.243. The SMILES string of the molecule is Cc1ccccc1CC(=O)N1CCCC(c2cc3cc(F)ccc3[nH]2)C1. The number of halogens is 1. The van der Waals surface area contributed by atoms with E-state index < -0.39 is 0 Å². The Morgan fingerprint density at radius 3 is 2.92 bits per heavy atom. The fourth-order valence-corrected chi connectivity index (χ4v) is 3.89. The summed E-state index contributed by atoms with van der Waals surface area (Å²) in [6.07, 6.45) is 2.49. The topological polar surface area (TPSA) is 36.1 Å². The van der Waals surface area contributed by atoms with Gasteiger partial charge in [-0.3, -0.25) is 4.79 Å². The molecule has 3 aromatic rings. The van der Waals surface area contributed by atoms with Crippen LogP contribution in [0, 0.1) is 12.7 Å². The first kappa shape index (κ1) is 16.8. The molecule has 0 spiro atoms. The van der Waals surface area contributed by atoms with Crippen molar-refractivity contribution in [1.82, 2.24) is 9.88 Å². The number of rotatable bonds is 3. The van der Waals surface area contributed by atoms with Gasteiger partial charge in [0.15, 0.2) is 0 Å². The van der Waals surface area contributed by atoms with Crippen molar-refractivity contribution in [3.8, 4) is 0 Å². The normalized spacial score (nSPS) is 17.6. The molecule has 1 aliphatic heterocycles. The molecule has 1 N–H and O–H groups in total. The maximum atomic E-state index is 13.4. The van der Waals surface area contributed by atoms with E-state index in [1.165, 1.54) is 6.07 Å². The van der Waals surface area contributed by atoms with E-state index in [1.807, 2.05) is 42.2 Å². The summed E-state index contributed by atoms with van der Waals surface area (Å²) >= 11 is 0. The van der Waals surface area contributed by atoms with Crippen molar-refractivity contribution in [2.75, 3.05) is 13.1 Å². The number of aryl methyl sites for hydroxylation is 1. The third kappa shape index (κ3) is 3.36. The second-order valence-electron chi connectivity index (χ2n) is 7.24. The summed E-state index contributed by atoms with van der Waals surface area (Å²) in [4.78, 5) is 18.2. The molecule has 0 aliphatic carbocycles. The zero-order chi connectivity index (χ0) is 18.1. The lowest BCUT2D eigenvalue weighted by Gasteiger charge is -2.32. The molecule has 1 aliphatic rings. The molecule has 0 saturated carbocycles. The number of H-pyrrole nitrogens is 1. The number of piperidine rings is 1. The number of benzene rings is 2. The van der Waals surface area contributed by atoms with Gasteiger partial charge in [0.25, 0.3) is 0 Å². The van der Waals surface area contributed by atoms with Crippen molar-refractivity contribution < 1.29 is 9.18 Å². The number of carbonyl (C=O) groups excluding carboxylic acids is 1. The Bertz CT molecular complexity index is 946. The molecule has 1 fully saturated rings. The Kier molecular flexibility index (Phi) is 4.49. The summed E-state index contributed by atoms with van der Waals surface area (Å²) in [5.41, 5.74) is 4.30. The first-order valence-electron chi connectivity index (χ1n) is 9.20. The minimum atomic E-state index is -0.221. The summed E-state index contributed by atoms with van der Waals surface area (Å²) in [7, 11) is 0. The Morgan fingerprint density at radius 2 is 2.08 bits per heavy atom. The molecule has 2 heterocycles. The molecule has 1 atom stereocenters. The molecule has 0 radical (unpaired) electrons. The number of carbonyl (C=O) groups is 1. The largest absolute Gasteiger partial charge is 0.358 e. The van der Waals surface area contributed by atoms with Crippen LogP contribution in [0.2, 0.25) is 0 Å². The van der Waals surface area contributed by atoms with Gasteiger partial charge in [-0.1, -0.05) is 24.3 Å². The molecule has 3 nitrogen and oxygen atoms in total. The maximum absolute atomic E-state index is 13.4. The van der Waals surface area contributed by atoms with Crippen LogP contribution in [0.4, 0.5) is 4.39 Å². The lowest BCUT2D eigenvalue weighted by molar-refractivity contribution is -0.131. The highest BCUT2D eigenvalue weighted by molar-refractivity contribution is 5.81. The van der Waals surface area contributed by atoms with Gasteiger partial charge in [0.1, 0.15) is 5.82 Å². The van der Waals surface area contributed by atoms with Gasteiger partial charge in [-0.2, -0.15) is 0 Å². The number of nitrogens with zero attached hydrogens (tertiary/aromatic N) is 1. The molecular formula is C22H23FN2O. The van der Waals surface area contributed by atoms with Crippen molar-refractivity contribution in [2.24, 2.45) is 0 Å². The molecule has 1 saturated heterocycles. The average molecular weight is 350 g/mol. The van der Waals surface area contributed by atoms with Crippen molar-refractivity contribution in [2.45, 2.75) is 32.1 Å². The monoisotopic (exact) mass is 350 g/mol. The number of fused-ring (bicyclic) bond motifs is 1. The number of nitrogens with one attached hydrogen (secondary N) is 1. The van der Waals surface area contributed by atoms with E-state index in [9.17, 15) is 9.18 Å². The molecule has 0 bridgehead atoms. The van der Waals surface area contributed by atoms with Crippen LogP contribution in [-0.2, 0) is 11.2 Å². The van der Waals surface area contributed by atoms with Crippen LogP contribution in [-0.4, -0.2) is 28.9 Å². The summed E-state index contributed by atoms with van der Waals surface area (Å²) in [5, 5.41) is 0.892. The highest BCUT2D eigenvalue weighted by atomic mass is 19.1. The van der Waals surface area contributed by atoms with Crippen LogP contribution in [0.1, 0.15) is 35.6 Å². The third-order valence-corrected chi connectivity index (χ3v) is 5.42. The zero-order valence-electron chi connectivity index (χ0n) is 15.0. The molecule has 4 heteroatoms. The fourth-order valence-electron chi connectivity index (χ4n) is 3.89. The summed E-state index contributed by atoms with van der Waals surface area (Å²) in [6.45, 7) is 3.58. The first-order chi connectivity index (χ1) is 12.6. The van der Waals surface area contributed by atoms with Gasteiger partial charge in [0.05, 0.1) is 6.42 Å². The van der Waals surface area contributed by atoms with E-state index in [4.69, 9.17) is 0 Å². The van der Waals surface area contributed by atoms with Gasteiger partial charge in [0.2, 0.25) is 5.91 Å². The van der Waals surface area contributed by atoms with Crippen LogP contribution in [0.25, 0.3) is 10.9 Å². The van der Waals surface area contributed by atoms with Crippen molar-refractivity contribution in [3.63, 3.8) is 0 Å². The van der Waals surface area contributed by atoms with Gasteiger partial charge in [-0.15, -0.1) is 0 Å². The number of hydrogen-bond donors (Lipinski definition) is 1. The number of aromatic amines is 1. The molecular weight excluding hydrogens is 327 g/mol. The summed E-state index contributed by atoms with van der Waals surface area (Å²) in [6, 6.07) is 14.9. The number of amides is 1. The van der Waals surface area contributed by atoms with E-state index in [-0.39, 0.29) is 17.6 Å². The van der Waals surface area contributed by atoms with Gasteiger partial charge in [0, 0.05) is 35.6 Å². The standard InChI is InChI=1S/C22H23FN2O/c1-15-5-2-3-6-16(15)13-22(26)25-10-4-7-17(14-25)21-12-18-11-19(23)8-9-20(18)24-21/h2-3,5-6,8-9,11-12,17,24H,4,7,10,13-14H2,1H3. The number of hydrogen-bond acceptors (Lipinski definition) is 1. The van der Waals surface area contributed by atoms with Crippen molar-refractivity contribution in [1.29, 1.82) is 0 Å². The van der Waals surface area contributed by atoms with Crippen LogP contribution < -0.4 is 0 Å². The van der Waals surface area contributed by atoms with Gasteiger partial charge in [-0.05, 0) is 55.2 Å². The Hall–Kier alpha value is -2.62. The lowest BCUT2D eigenvalue weighted by atomic mass is 9.94. The molecule has 1 unspecified atom stereocenters. The minimum Gasteiger partial charge on any atom is -0.358 e. The van der Waals surface area contributed by atoms with Crippen molar-refractivity contribution >= 4 is 16.8 Å². The predicted molar refractivity (Wildman–Crippen MR) is 102 cm³/mol. The van der Waals surface area contributed by atoms with Gasteiger partial charge < -0.3 is 9.88 Å². The second kappa shape index (κ2) is 6.94. The van der Waals surface area contributed by atoms with Gasteiger partial charge in [-0.25, -0.2) is 4.39 Å². The highest BCUT2D eigenvalue weighted by Gasteiger charge is 2.26. The first-order valence-corrected chi connectivity index (χ1v) is 9.20. The highest BCUT2D eigenvalue weighted by Crippen LogP contribution is 2.29. The summed E-state index contributed by atoms with van der Waals surface area (Å²) < 4.78 is 13.4. The van der Waals surface area contributed by atoms with Crippen molar-refractivity contribution in [3.05, 3.63) is 71.2 Å². The Labute approximate surface area is 152 Å². The fraction of sp³-hybridized carbons (Fsp3) is 0.318. The number of likely N-dealkylation sites (tertiary alicyclic amines) is 1. The van der Waals surface area contributed by atoms with E-state index in [0.29, 0.717) is 6.42 Å². The van der Waals surface area contributed by atoms with Crippen LogP contribution >= 0.6 is 0 Å². The molecule has 2 aromatic carbocycles. The number of aromatic nitrogens is 1. The smallest absolute Gasteiger partial charge is 0.227 e. The van der Waals surface area contributed by atoms with Crippen LogP contribution in [0.15, 0.2) is 48.5 Å². The van der Waals surface area contributed by atoms with Crippen LogP contribution in [0.5, 0.6) is 0 Å². The molecule has 26 heavy (non-hydrogen) atoms. The molecule has 1 amide bonds. The molecule has 4 rings (SSSR count). The maximum Gasteiger partial charge on any atom is 0.227 e. The van der Waals surface area contributed by atoms with E-state index in [0.717, 1.165) is 53.7 Å². The Balaban J connectivity index is 1.49. The molecule has 1 aromatic heterocycles. The average Bonchev–Trinajstić information content (AvgIpc) is 3.07. The lowest BCUT2D eigenvalue weighted by Crippen LogP contribution is -2.40. The van der Waals surface area contributed by atoms with E-state index >= 15 is 0 Å². The zero-order valence-corrected chi connectivity index (χ0v) is 15.0. The minimum absolute atomic E-state index is 0.186. The second-order valence-corrected chi connectivity index (χ2v) is 7.24. The molecule has 134 valence electrons. The predicted octanol–water partition coefficient (Wildman–Crippen LogP) is 4.56.